The molecule has 1 atom stereocenters. The van der Waals surface area contributed by atoms with E-state index in [-0.39, 0.29) is 0 Å². The smallest absolute Gasteiger partial charge is 0.268 e. The first kappa shape index (κ1) is 27.1. The molecule has 3 nitrogen and oxygen atoms in total. The fourth-order valence-corrected chi connectivity index (χ4v) is 4.94. The molecule has 174 valence electrons. The minimum absolute atomic E-state index is 0.565. The van der Waals surface area contributed by atoms with Crippen LogP contribution in [0, 0.1) is 5.92 Å². The normalized spacial score (nSPS) is 16.3. The Morgan fingerprint density at radius 1 is 0.621 bits per heavy atom. The summed E-state index contributed by atoms with van der Waals surface area (Å²) < 4.78 is 22.4. The molecule has 1 aliphatic rings. The van der Waals surface area contributed by atoms with Gasteiger partial charge < -0.3 is 0 Å². The van der Waals surface area contributed by atoms with Crippen molar-refractivity contribution in [2.75, 3.05) is 13.2 Å². The molecule has 0 bridgehead atoms. The van der Waals surface area contributed by atoms with E-state index in [1.165, 1.54) is 128 Å². The van der Waals surface area contributed by atoms with Crippen molar-refractivity contribution in [3.8, 4) is 0 Å². The molecule has 0 N–H and O–H groups in total. The third-order valence-electron chi connectivity index (χ3n) is 6.30. The maximum atomic E-state index is 11.7. The molecular formula is C25H50O3S. The van der Waals surface area contributed by atoms with Gasteiger partial charge in [0.05, 0.1) is 13.2 Å². The first-order chi connectivity index (χ1) is 14.3. The maximum Gasteiger partial charge on any atom is 0.304 e. The predicted molar refractivity (Wildman–Crippen MR) is 126 cm³/mol. The van der Waals surface area contributed by atoms with E-state index in [2.05, 4.69) is 6.92 Å². The Labute approximate surface area is 185 Å². The van der Waals surface area contributed by atoms with Crippen LogP contribution in [0.1, 0.15) is 142 Å². The molecule has 0 aliphatic heterocycles. The third-order valence-corrected chi connectivity index (χ3v) is 6.99. The molecule has 1 rings (SSSR count). The Hall–Kier alpha value is 0.0700. The second-order valence-corrected chi connectivity index (χ2v) is 10.00. The number of hydrogen-bond acceptors (Lipinski definition) is 3. The lowest BCUT2D eigenvalue weighted by atomic mass is 9.90. The molecule has 0 amide bonds. The minimum Gasteiger partial charge on any atom is -0.268 e. The zero-order valence-electron chi connectivity index (χ0n) is 19.5. The van der Waals surface area contributed by atoms with Crippen molar-refractivity contribution >= 4 is 11.4 Å². The Kier molecular flexibility index (Phi) is 19.9. The summed E-state index contributed by atoms with van der Waals surface area (Å²) in [5.41, 5.74) is 0. The molecule has 0 aromatic carbocycles. The van der Waals surface area contributed by atoms with E-state index in [1.54, 1.807) is 0 Å². The zero-order chi connectivity index (χ0) is 20.8. The molecule has 1 unspecified atom stereocenters. The van der Waals surface area contributed by atoms with Crippen molar-refractivity contribution in [3.63, 3.8) is 0 Å². The van der Waals surface area contributed by atoms with Crippen molar-refractivity contribution in [1.29, 1.82) is 0 Å². The topological polar surface area (TPSA) is 35.5 Å². The molecule has 0 spiro atoms. The van der Waals surface area contributed by atoms with Gasteiger partial charge in [0.1, 0.15) is 0 Å². The summed E-state index contributed by atoms with van der Waals surface area (Å²) in [5, 5.41) is 0. The molecule has 0 aromatic heterocycles. The summed E-state index contributed by atoms with van der Waals surface area (Å²) in [7, 11) is 0. The second-order valence-electron chi connectivity index (χ2n) is 9.12. The number of unbranched alkanes of at least 4 members (excludes halogenated alkanes) is 15. The third kappa shape index (κ3) is 18.5. The largest absolute Gasteiger partial charge is 0.304 e. The second kappa shape index (κ2) is 21.3. The fraction of sp³-hybridized carbons (Fsp3) is 1.00. The van der Waals surface area contributed by atoms with Gasteiger partial charge >= 0.3 is 11.4 Å². The molecule has 1 saturated carbocycles. The highest BCUT2D eigenvalue weighted by Crippen LogP contribution is 2.24. The first-order valence-corrected chi connectivity index (χ1v) is 14.0. The highest BCUT2D eigenvalue weighted by atomic mass is 32.2. The van der Waals surface area contributed by atoms with Gasteiger partial charge in [-0.25, -0.2) is 0 Å². The summed E-state index contributed by atoms with van der Waals surface area (Å²) in [6, 6.07) is 0. The Bertz CT molecular complexity index is 356. The lowest BCUT2D eigenvalue weighted by Gasteiger charge is -2.20. The summed E-state index contributed by atoms with van der Waals surface area (Å²) in [5.74, 6) is 0.590. The van der Waals surface area contributed by atoms with Crippen molar-refractivity contribution in [2.45, 2.75) is 142 Å². The van der Waals surface area contributed by atoms with Gasteiger partial charge in [0, 0.05) is 0 Å². The van der Waals surface area contributed by atoms with E-state index in [1.807, 2.05) is 0 Å². The van der Waals surface area contributed by atoms with Crippen LogP contribution in [0.2, 0.25) is 0 Å². The molecule has 0 aromatic rings. The zero-order valence-corrected chi connectivity index (χ0v) is 20.3. The molecule has 1 fully saturated rings. The lowest BCUT2D eigenvalue weighted by molar-refractivity contribution is 0.189. The van der Waals surface area contributed by atoms with Crippen molar-refractivity contribution in [1.82, 2.24) is 0 Å². The van der Waals surface area contributed by atoms with E-state index in [4.69, 9.17) is 8.37 Å². The Morgan fingerprint density at radius 3 is 1.55 bits per heavy atom. The van der Waals surface area contributed by atoms with Crippen LogP contribution in [-0.2, 0) is 19.7 Å². The van der Waals surface area contributed by atoms with Crippen molar-refractivity contribution in [2.24, 2.45) is 5.92 Å². The summed E-state index contributed by atoms with van der Waals surface area (Å²) in [6.45, 7) is 3.45. The molecule has 1 aliphatic carbocycles. The average molecular weight is 431 g/mol. The quantitative estimate of drug-likeness (QED) is 0.171. The summed E-state index contributed by atoms with van der Waals surface area (Å²) in [4.78, 5) is 0. The van der Waals surface area contributed by atoms with Crippen LogP contribution in [0.3, 0.4) is 0 Å². The van der Waals surface area contributed by atoms with Crippen LogP contribution in [0.25, 0.3) is 0 Å². The minimum atomic E-state index is -1.54. The van der Waals surface area contributed by atoms with E-state index in [0.29, 0.717) is 19.1 Å². The van der Waals surface area contributed by atoms with Gasteiger partial charge in [-0.3, -0.25) is 8.37 Å². The van der Waals surface area contributed by atoms with Gasteiger partial charge in [-0.15, -0.1) is 0 Å². The van der Waals surface area contributed by atoms with Crippen LogP contribution in [0.5, 0.6) is 0 Å². The van der Waals surface area contributed by atoms with Crippen LogP contribution in [0.15, 0.2) is 0 Å². The number of rotatable bonds is 21. The molecule has 0 saturated heterocycles. The van der Waals surface area contributed by atoms with Crippen LogP contribution >= 0.6 is 0 Å². The Balaban J connectivity index is 1.71. The molecule has 0 heterocycles. The van der Waals surface area contributed by atoms with E-state index < -0.39 is 11.4 Å². The van der Waals surface area contributed by atoms with Crippen molar-refractivity contribution in [3.05, 3.63) is 0 Å². The molecule has 4 heteroatoms. The molecular weight excluding hydrogens is 380 g/mol. The van der Waals surface area contributed by atoms with Crippen LogP contribution in [-0.4, -0.2) is 17.4 Å². The number of hydrogen-bond donors (Lipinski definition) is 0. The van der Waals surface area contributed by atoms with Crippen LogP contribution in [0.4, 0.5) is 0 Å². The van der Waals surface area contributed by atoms with E-state index in [0.717, 1.165) is 6.42 Å². The average Bonchev–Trinajstić information content (AvgIpc) is 2.75. The van der Waals surface area contributed by atoms with Crippen molar-refractivity contribution < 1.29 is 12.6 Å². The Morgan fingerprint density at radius 2 is 1.07 bits per heavy atom. The highest BCUT2D eigenvalue weighted by Gasteiger charge is 2.15. The SMILES string of the molecule is CCCCCCCCCCCCCCCCCCOS(=O)OCC1CCCCC1. The summed E-state index contributed by atoms with van der Waals surface area (Å²) in [6.07, 6.45) is 28.2. The van der Waals surface area contributed by atoms with Gasteiger partial charge in [0.25, 0.3) is 0 Å². The highest BCUT2D eigenvalue weighted by molar-refractivity contribution is 7.75. The standard InChI is InChI=1S/C25H50O3S/c1-2-3-4-5-6-7-8-9-10-11-12-13-14-15-16-20-23-27-29(26)28-24-25-21-18-17-19-22-25/h25H,2-24H2,1H3. The van der Waals surface area contributed by atoms with E-state index >= 15 is 0 Å². The van der Waals surface area contributed by atoms with Crippen LogP contribution < -0.4 is 0 Å². The lowest BCUT2D eigenvalue weighted by Crippen LogP contribution is -2.15. The van der Waals surface area contributed by atoms with Gasteiger partial charge in [0.15, 0.2) is 0 Å². The summed E-state index contributed by atoms with van der Waals surface area (Å²) >= 11 is -1.54. The first-order valence-electron chi connectivity index (χ1n) is 13.0. The van der Waals surface area contributed by atoms with Gasteiger partial charge in [-0.05, 0) is 25.2 Å². The molecule has 29 heavy (non-hydrogen) atoms. The monoisotopic (exact) mass is 430 g/mol. The predicted octanol–water partition coefficient (Wildman–Crippen LogP) is 8.44. The molecule has 0 radical (unpaired) electrons. The van der Waals surface area contributed by atoms with E-state index in [9.17, 15) is 4.21 Å². The van der Waals surface area contributed by atoms with Gasteiger partial charge in [-0.1, -0.05) is 122 Å². The maximum absolute atomic E-state index is 11.7. The van der Waals surface area contributed by atoms with Gasteiger partial charge in [-0.2, -0.15) is 4.21 Å². The van der Waals surface area contributed by atoms with Gasteiger partial charge in [0.2, 0.25) is 0 Å². The fourth-order valence-electron chi connectivity index (χ4n) is 4.32.